The van der Waals surface area contributed by atoms with Gasteiger partial charge in [0.15, 0.2) is 6.54 Å². The van der Waals surface area contributed by atoms with Gasteiger partial charge in [-0.05, 0) is 24.6 Å². The summed E-state index contributed by atoms with van der Waals surface area (Å²) < 4.78 is 1.07. The molecular weight excluding hydrogens is 352 g/mol. The molecule has 3 N–H and O–H groups in total. The van der Waals surface area contributed by atoms with Crippen molar-refractivity contribution in [3.63, 3.8) is 0 Å². The molecule has 0 fully saturated rings. The smallest absolute Gasteiger partial charge is 0.275 e. The van der Waals surface area contributed by atoms with Crippen molar-refractivity contribution in [2.75, 3.05) is 6.54 Å². The Balaban J connectivity index is 1.86. The Morgan fingerprint density at radius 3 is 2.35 bits per heavy atom. The van der Waals surface area contributed by atoms with Crippen LogP contribution < -0.4 is 10.6 Å². The lowest BCUT2D eigenvalue weighted by Crippen LogP contribution is -2.87. The van der Waals surface area contributed by atoms with E-state index in [1.165, 1.54) is 5.56 Å². The largest absolute Gasteiger partial charge is 0.345 e. The fraction of sp³-hybridized carbons (Fsp3) is 0.316. The van der Waals surface area contributed by atoms with Gasteiger partial charge in [-0.1, -0.05) is 65.3 Å². The molecule has 23 heavy (non-hydrogen) atoms. The third-order valence-corrected chi connectivity index (χ3v) is 4.53. The third kappa shape index (κ3) is 5.48. The summed E-state index contributed by atoms with van der Waals surface area (Å²) in [5.74, 6) is 0.0666. The molecule has 2 atom stereocenters. The van der Waals surface area contributed by atoms with Crippen molar-refractivity contribution >= 4 is 21.8 Å². The monoisotopic (exact) mass is 375 g/mol. The number of nitrogens with one attached hydrogen (secondary N) is 1. The molecule has 0 bridgehead atoms. The topological polar surface area (TPSA) is 45.7 Å². The van der Waals surface area contributed by atoms with E-state index in [1.54, 1.807) is 0 Å². The summed E-state index contributed by atoms with van der Waals surface area (Å²) in [4.78, 5) is 12.2. The first-order valence-electron chi connectivity index (χ1n) is 8.03. The van der Waals surface area contributed by atoms with Crippen molar-refractivity contribution in [2.24, 2.45) is 0 Å². The molecule has 0 unspecified atom stereocenters. The van der Waals surface area contributed by atoms with E-state index in [1.807, 2.05) is 49.4 Å². The summed E-state index contributed by atoms with van der Waals surface area (Å²) in [5.41, 5.74) is 2.38. The summed E-state index contributed by atoms with van der Waals surface area (Å²) in [6, 6.07) is 18.7. The van der Waals surface area contributed by atoms with Crippen molar-refractivity contribution in [3.05, 3.63) is 70.2 Å². The summed E-state index contributed by atoms with van der Waals surface area (Å²) in [6.07, 6.45) is 0.989. The van der Waals surface area contributed by atoms with Gasteiger partial charge >= 0.3 is 0 Å². The van der Waals surface area contributed by atoms with Gasteiger partial charge < -0.3 is 10.6 Å². The molecule has 0 aliphatic rings. The number of nitrogens with two attached hydrogens (primary N) is 1. The van der Waals surface area contributed by atoms with Gasteiger partial charge in [-0.2, -0.15) is 0 Å². The van der Waals surface area contributed by atoms with Gasteiger partial charge in [0.05, 0.1) is 6.04 Å². The van der Waals surface area contributed by atoms with Crippen LogP contribution in [0.25, 0.3) is 0 Å². The number of rotatable bonds is 7. The molecule has 2 rings (SSSR count). The molecule has 0 heterocycles. The van der Waals surface area contributed by atoms with E-state index in [2.05, 4.69) is 45.6 Å². The molecule has 122 valence electrons. The first-order chi connectivity index (χ1) is 11.1. The van der Waals surface area contributed by atoms with E-state index in [0.717, 1.165) is 16.5 Å². The number of carbonyl (C=O) groups excluding carboxylic acids is 1. The lowest BCUT2D eigenvalue weighted by molar-refractivity contribution is -0.686. The summed E-state index contributed by atoms with van der Waals surface area (Å²) in [5, 5.41) is 5.17. The minimum absolute atomic E-state index is 0.0323. The molecule has 4 heteroatoms. The molecule has 0 spiro atoms. The highest BCUT2D eigenvalue weighted by Crippen LogP contribution is 2.16. The van der Waals surface area contributed by atoms with Crippen molar-refractivity contribution in [1.29, 1.82) is 0 Å². The van der Waals surface area contributed by atoms with E-state index >= 15 is 0 Å². The van der Waals surface area contributed by atoms with E-state index in [4.69, 9.17) is 0 Å². The van der Waals surface area contributed by atoms with E-state index in [0.29, 0.717) is 12.6 Å². The predicted octanol–water partition coefficient (Wildman–Crippen LogP) is 3.34. The molecule has 0 aliphatic carbocycles. The summed E-state index contributed by atoms with van der Waals surface area (Å²) >= 11 is 3.45. The highest BCUT2D eigenvalue weighted by molar-refractivity contribution is 9.10. The molecule has 0 radical (unpaired) electrons. The fourth-order valence-electron chi connectivity index (χ4n) is 2.62. The van der Waals surface area contributed by atoms with E-state index in [-0.39, 0.29) is 11.9 Å². The van der Waals surface area contributed by atoms with E-state index in [9.17, 15) is 4.79 Å². The zero-order valence-corrected chi connectivity index (χ0v) is 15.2. The van der Waals surface area contributed by atoms with Gasteiger partial charge in [0.1, 0.15) is 6.04 Å². The Labute approximate surface area is 146 Å². The zero-order valence-electron chi connectivity index (χ0n) is 13.6. The molecule has 1 amide bonds. The first-order valence-corrected chi connectivity index (χ1v) is 8.82. The molecule has 0 saturated carbocycles. The summed E-state index contributed by atoms with van der Waals surface area (Å²) in [7, 11) is 0. The lowest BCUT2D eigenvalue weighted by Gasteiger charge is -2.17. The maximum Gasteiger partial charge on any atom is 0.275 e. The van der Waals surface area contributed by atoms with Crippen molar-refractivity contribution in [1.82, 2.24) is 5.32 Å². The van der Waals surface area contributed by atoms with Crippen LogP contribution in [0, 0.1) is 0 Å². The molecule has 2 aromatic carbocycles. The van der Waals surface area contributed by atoms with Gasteiger partial charge in [0, 0.05) is 16.5 Å². The van der Waals surface area contributed by atoms with Crippen LogP contribution in [0.3, 0.4) is 0 Å². The second kappa shape index (κ2) is 8.85. The number of hydrogen-bond acceptors (Lipinski definition) is 1. The standard InChI is InChI=1S/C19H23BrN2O/c1-3-18(16-9-11-17(20)12-10-16)21-13-19(23)22-14(2)15-7-5-4-6-8-15/h4-12,14,18,21H,3,13H2,1-2H3,(H,22,23)/p+1/t14-,18-/m0/s1. The van der Waals surface area contributed by atoms with Crippen LogP contribution in [0.1, 0.15) is 43.5 Å². The van der Waals surface area contributed by atoms with Gasteiger partial charge in [-0.15, -0.1) is 0 Å². The van der Waals surface area contributed by atoms with Crippen LogP contribution in [0.2, 0.25) is 0 Å². The number of halogens is 1. The first kappa shape index (κ1) is 17.7. The third-order valence-electron chi connectivity index (χ3n) is 4.00. The van der Waals surface area contributed by atoms with Crippen molar-refractivity contribution in [3.8, 4) is 0 Å². The molecule has 0 saturated heterocycles. The quantitative estimate of drug-likeness (QED) is 0.765. The highest BCUT2D eigenvalue weighted by atomic mass is 79.9. The molecule has 3 nitrogen and oxygen atoms in total. The van der Waals surface area contributed by atoms with Crippen LogP contribution in [-0.4, -0.2) is 12.5 Å². The van der Waals surface area contributed by atoms with Crippen LogP contribution in [-0.2, 0) is 4.79 Å². The number of amides is 1. The van der Waals surface area contributed by atoms with Crippen molar-refractivity contribution in [2.45, 2.75) is 32.4 Å². The Kier molecular flexibility index (Phi) is 6.81. The SMILES string of the molecule is CC[C@H]([NH2+]CC(=O)N[C@@H](C)c1ccccc1)c1ccc(Br)cc1. The molecule has 0 aromatic heterocycles. The fourth-order valence-corrected chi connectivity index (χ4v) is 2.89. The van der Waals surface area contributed by atoms with E-state index < -0.39 is 0 Å². The second-order valence-electron chi connectivity index (χ2n) is 5.71. The van der Waals surface area contributed by atoms with Crippen molar-refractivity contribution < 1.29 is 10.1 Å². The second-order valence-corrected chi connectivity index (χ2v) is 6.62. The maximum absolute atomic E-state index is 12.2. The Hall–Kier alpha value is -1.65. The Bertz CT molecular complexity index is 613. The lowest BCUT2D eigenvalue weighted by atomic mass is 10.0. The van der Waals surface area contributed by atoms with Crippen LogP contribution in [0.15, 0.2) is 59.1 Å². The van der Waals surface area contributed by atoms with Gasteiger partial charge in [-0.25, -0.2) is 0 Å². The van der Waals surface area contributed by atoms with Crippen LogP contribution in [0.5, 0.6) is 0 Å². The van der Waals surface area contributed by atoms with Crippen LogP contribution in [0.4, 0.5) is 0 Å². The minimum atomic E-state index is 0.0323. The van der Waals surface area contributed by atoms with Gasteiger partial charge in [-0.3, -0.25) is 4.79 Å². The molecule has 2 aromatic rings. The van der Waals surface area contributed by atoms with Gasteiger partial charge in [0.2, 0.25) is 0 Å². The number of carbonyl (C=O) groups is 1. The number of hydrogen-bond donors (Lipinski definition) is 2. The Morgan fingerprint density at radius 2 is 1.74 bits per heavy atom. The predicted molar refractivity (Wildman–Crippen MR) is 97.0 cm³/mol. The minimum Gasteiger partial charge on any atom is -0.345 e. The summed E-state index contributed by atoms with van der Waals surface area (Å²) in [6.45, 7) is 4.60. The molecular formula is C19H24BrN2O+. The zero-order chi connectivity index (χ0) is 16.7. The number of benzene rings is 2. The molecule has 0 aliphatic heterocycles. The Morgan fingerprint density at radius 1 is 1.09 bits per heavy atom. The average Bonchev–Trinajstić information content (AvgIpc) is 2.57. The highest BCUT2D eigenvalue weighted by Gasteiger charge is 2.16. The normalized spacial score (nSPS) is 13.3. The van der Waals surface area contributed by atoms with Crippen LogP contribution >= 0.6 is 15.9 Å². The average molecular weight is 376 g/mol. The number of quaternary nitrogens is 1. The maximum atomic E-state index is 12.2. The van der Waals surface area contributed by atoms with Gasteiger partial charge in [0.25, 0.3) is 5.91 Å².